The SMILES string of the molecule is CNC(=O)[C@H](Cc1ccccc1)N(Cc1cccc(Cl)c1)C(=O)CN(c1ccc2c(c1)OCCO2)S(=O)(=O)c1ccccc1. The van der Waals surface area contributed by atoms with Crippen molar-refractivity contribution in [1.29, 1.82) is 0 Å². The molecule has 4 aromatic carbocycles. The minimum atomic E-state index is -4.23. The Kier molecular flexibility index (Phi) is 9.72. The van der Waals surface area contributed by atoms with Crippen LogP contribution in [-0.4, -0.2) is 58.0 Å². The van der Waals surface area contributed by atoms with Crippen LogP contribution in [0.5, 0.6) is 11.5 Å². The molecule has 0 saturated carbocycles. The topological polar surface area (TPSA) is 105 Å². The van der Waals surface area contributed by atoms with E-state index in [4.69, 9.17) is 21.1 Å². The van der Waals surface area contributed by atoms with Gasteiger partial charge in [0.1, 0.15) is 25.8 Å². The van der Waals surface area contributed by atoms with Crippen molar-refractivity contribution in [3.05, 3.63) is 119 Å². The maximum atomic E-state index is 14.4. The Morgan fingerprint density at radius 3 is 2.18 bits per heavy atom. The van der Waals surface area contributed by atoms with Gasteiger partial charge < -0.3 is 19.7 Å². The summed E-state index contributed by atoms with van der Waals surface area (Å²) < 4.78 is 40.6. The minimum Gasteiger partial charge on any atom is -0.486 e. The van der Waals surface area contributed by atoms with Gasteiger partial charge in [0.05, 0.1) is 10.6 Å². The molecule has 11 heteroatoms. The first kappa shape index (κ1) is 30.9. The summed E-state index contributed by atoms with van der Waals surface area (Å²) >= 11 is 6.26. The Labute approximate surface area is 262 Å². The lowest BCUT2D eigenvalue weighted by Gasteiger charge is -2.34. The van der Waals surface area contributed by atoms with E-state index >= 15 is 0 Å². The first-order valence-electron chi connectivity index (χ1n) is 14.0. The van der Waals surface area contributed by atoms with Crippen LogP contribution in [0.25, 0.3) is 0 Å². The number of rotatable bonds is 11. The smallest absolute Gasteiger partial charge is 0.264 e. The number of ether oxygens (including phenoxy) is 2. The number of carbonyl (C=O) groups excluding carboxylic acids is 2. The number of likely N-dealkylation sites (N-methyl/N-ethyl adjacent to an activating group) is 1. The lowest BCUT2D eigenvalue weighted by Crippen LogP contribution is -2.53. The van der Waals surface area contributed by atoms with E-state index in [1.54, 1.807) is 60.7 Å². The molecule has 5 rings (SSSR count). The molecule has 0 spiro atoms. The van der Waals surface area contributed by atoms with Crippen molar-refractivity contribution in [3.8, 4) is 11.5 Å². The van der Waals surface area contributed by atoms with E-state index in [0.717, 1.165) is 9.87 Å². The van der Waals surface area contributed by atoms with E-state index < -0.39 is 28.5 Å². The molecule has 2 amide bonds. The molecule has 1 N–H and O–H groups in total. The predicted molar refractivity (Wildman–Crippen MR) is 168 cm³/mol. The largest absolute Gasteiger partial charge is 0.486 e. The fourth-order valence-corrected chi connectivity index (χ4v) is 6.63. The van der Waals surface area contributed by atoms with E-state index in [1.165, 1.54) is 24.1 Å². The summed E-state index contributed by atoms with van der Waals surface area (Å²) in [7, 11) is -2.73. The molecule has 4 aromatic rings. The summed E-state index contributed by atoms with van der Waals surface area (Å²) in [5.41, 5.74) is 1.74. The number of halogens is 1. The summed E-state index contributed by atoms with van der Waals surface area (Å²) in [4.78, 5) is 29.2. The van der Waals surface area contributed by atoms with Gasteiger partial charge in [0, 0.05) is 31.1 Å². The molecule has 0 saturated heterocycles. The number of hydrogen-bond donors (Lipinski definition) is 1. The summed E-state index contributed by atoms with van der Waals surface area (Å²) in [6.45, 7) is 0.115. The molecule has 1 aliphatic heterocycles. The molecule has 1 heterocycles. The second-order valence-corrected chi connectivity index (χ2v) is 12.4. The Bertz CT molecular complexity index is 1720. The molecular weight excluding hydrogens is 602 g/mol. The standard InChI is InChI=1S/C33H32ClN3O6S/c1-35-33(39)29(20-24-9-4-2-5-10-24)36(22-25-11-8-12-26(34)19-25)32(38)23-37(44(40,41)28-13-6-3-7-14-28)27-15-16-30-31(21-27)43-18-17-42-30/h2-16,19,21,29H,17-18,20,22-23H2,1H3,(H,35,39)/t29-/m0/s1. The molecule has 0 fully saturated rings. The highest BCUT2D eigenvalue weighted by molar-refractivity contribution is 7.92. The van der Waals surface area contributed by atoms with Crippen LogP contribution in [0, 0.1) is 0 Å². The zero-order valence-electron chi connectivity index (χ0n) is 24.1. The second kappa shape index (κ2) is 13.8. The van der Waals surface area contributed by atoms with E-state index in [-0.39, 0.29) is 29.5 Å². The number of carbonyl (C=O) groups is 2. The third-order valence-electron chi connectivity index (χ3n) is 7.18. The highest BCUT2D eigenvalue weighted by Crippen LogP contribution is 2.36. The third kappa shape index (κ3) is 7.15. The van der Waals surface area contributed by atoms with Crippen molar-refractivity contribution in [2.24, 2.45) is 0 Å². The average molecular weight is 634 g/mol. The Morgan fingerprint density at radius 2 is 1.50 bits per heavy atom. The van der Waals surface area contributed by atoms with E-state index in [2.05, 4.69) is 5.32 Å². The summed E-state index contributed by atoms with van der Waals surface area (Å²) in [5.74, 6) is -0.115. The van der Waals surface area contributed by atoms with Crippen molar-refractivity contribution in [2.45, 2.75) is 23.9 Å². The Hall–Kier alpha value is -4.54. The van der Waals surface area contributed by atoms with Gasteiger partial charge in [0.25, 0.3) is 10.0 Å². The molecule has 1 atom stereocenters. The minimum absolute atomic E-state index is 0.0104. The van der Waals surface area contributed by atoms with Crippen LogP contribution in [0.2, 0.25) is 5.02 Å². The average Bonchev–Trinajstić information content (AvgIpc) is 3.05. The number of amides is 2. The molecule has 9 nitrogen and oxygen atoms in total. The molecule has 0 aliphatic carbocycles. The van der Waals surface area contributed by atoms with Crippen molar-refractivity contribution >= 4 is 39.1 Å². The number of nitrogens with zero attached hydrogens (tertiary/aromatic N) is 2. The Balaban J connectivity index is 1.57. The molecular formula is C33H32ClN3O6S. The fourth-order valence-electron chi connectivity index (χ4n) is 4.99. The zero-order valence-corrected chi connectivity index (χ0v) is 25.6. The quantitative estimate of drug-likeness (QED) is 0.257. The van der Waals surface area contributed by atoms with Gasteiger partial charge in [-0.3, -0.25) is 13.9 Å². The van der Waals surface area contributed by atoms with Crippen molar-refractivity contribution in [3.63, 3.8) is 0 Å². The number of benzene rings is 4. The summed E-state index contributed by atoms with van der Waals surface area (Å²) in [6, 6.07) is 28.0. The number of nitrogens with one attached hydrogen (secondary N) is 1. The molecule has 0 unspecified atom stereocenters. The van der Waals surface area contributed by atoms with Gasteiger partial charge in [0.15, 0.2) is 11.5 Å². The molecule has 1 aliphatic rings. The van der Waals surface area contributed by atoms with Gasteiger partial charge >= 0.3 is 0 Å². The van der Waals surface area contributed by atoms with E-state index in [1.807, 2.05) is 30.3 Å². The first-order valence-corrected chi connectivity index (χ1v) is 15.8. The molecule has 44 heavy (non-hydrogen) atoms. The van der Waals surface area contributed by atoms with Gasteiger partial charge in [-0.15, -0.1) is 0 Å². The van der Waals surface area contributed by atoms with Crippen LogP contribution in [0.15, 0.2) is 108 Å². The van der Waals surface area contributed by atoms with Gasteiger partial charge in [-0.1, -0.05) is 72.3 Å². The third-order valence-corrected chi connectivity index (χ3v) is 9.21. The fraction of sp³-hybridized carbons (Fsp3) is 0.212. The predicted octanol–water partition coefficient (Wildman–Crippen LogP) is 4.69. The first-order chi connectivity index (χ1) is 21.3. The van der Waals surface area contributed by atoms with Crippen LogP contribution < -0.4 is 19.1 Å². The molecule has 0 bridgehead atoms. The van der Waals surface area contributed by atoms with Crippen LogP contribution in [0.4, 0.5) is 5.69 Å². The van der Waals surface area contributed by atoms with Gasteiger partial charge in [-0.2, -0.15) is 0 Å². The van der Waals surface area contributed by atoms with Gasteiger partial charge in [-0.25, -0.2) is 8.42 Å². The van der Waals surface area contributed by atoms with E-state index in [9.17, 15) is 18.0 Å². The van der Waals surface area contributed by atoms with Crippen molar-refractivity contribution in [2.75, 3.05) is 31.1 Å². The number of anilines is 1. The lowest BCUT2D eigenvalue weighted by atomic mass is 10.0. The second-order valence-electron chi connectivity index (χ2n) is 10.1. The number of fused-ring (bicyclic) bond motifs is 1. The normalized spacial score (nSPS) is 13.0. The Morgan fingerprint density at radius 1 is 0.841 bits per heavy atom. The van der Waals surface area contributed by atoms with Crippen LogP contribution in [-0.2, 0) is 32.6 Å². The maximum absolute atomic E-state index is 14.4. The highest BCUT2D eigenvalue weighted by atomic mass is 35.5. The summed E-state index contributed by atoms with van der Waals surface area (Å²) in [5, 5.41) is 3.14. The number of hydrogen-bond acceptors (Lipinski definition) is 6. The molecule has 0 aromatic heterocycles. The number of sulfonamides is 1. The van der Waals surface area contributed by atoms with Crippen LogP contribution in [0.3, 0.4) is 0 Å². The molecule has 228 valence electrons. The zero-order chi connectivity index (χ0) is 31.1. The summed E-state index contributed by atoms with van der Waals surface area (Å²) in [6.07, 6.45) is 0.211. The highest BCUT2D eigenvalue weighted by Gasteiger charge is 2.34. The van der Waals surface area contributed by atoms with Gasteiger partial charge in [0.2, 0.25) is 11.8 Å². The van der Waals surface area contributed by atoms with Gasteiger partial charge in [-0.05, 0) is 47.5 Å². The van der Waals surface area contributed by atoms with Crippen molar-refractivity contribution in [1.82, 2.24) is 10.2 Å². The lowest BCUT2D eigenvalue weighted by molar-refractivity contribution is -0.139. The monoisotopic (exact) mass is 633 g/mol. The van der Waals surface area contributed by atoms with Crippen LogP contribution >= 0.6 is 11.6 Å². The van der Waals surface area contributed by atoms with Crippen molar-refractivity contribution < 1.29 is 27.5 Å². The van der Waals surface area contributed by atoms with E-state index in [0.29, 0.717) is 35.3 Å². The molecule has 0 radical (unpaired) electrons. The van der Waals surface area contributed by atoms with Crippen LogP contribution in [0.1, 0.15) is 11.1 Å². The maximum Gasteiger partial charge on any atom is 0.264 e.